The highest BCUT2D eigenvalue weighted by molar-refractivity contribution is 5.91. The highest BCUT2D eigenvalue weighted by Gasteiger charge is 2.11. The van der Waals surface area contributed by atoms with Gasteiger partial charge in [-0.25, -0.2) is 4.68 Å². The SMILES string of the molecule is Nc1c2ccc(CC(=O)CO)cc2nn1-c1ccccc1. The summed E-state index contributed by atoms with van der Waals surface area (Å²) in [6.07, 6.45) is 0.199. The summed E-state index contributed by atoms with van der Waals surface area (Å²) in [5.41, 5.74) is 8.58. The van der Waals surface area contributed by atoms with Gasteiger partial charge in [0.05, 0.1) is 11.2 Å². The van der Waals surface area contributed by atoms with Crippen molar-refractivity contribution in [2.75, 3.05) is 12.3 Å². The van der Waals surface area contributed by atoms with Gasteiger partial charge >= 0.3 is 0 Å². The molecule has 0 fully saturated rings. The molecular formula is C16H15N3O2. The number of aromatic nitrogens is 2. The Kier molecular flexibility index (Phi) is 3.41. The molecule has 21 heavy (non-hydrogen) atoms. The molecule has 0 saturated heterocycles. The van der Waals surface area contributed by atoms with Crippen LogP contribution in [0.15, 0.2) is 48.5 Å². The van der Waals surface area contributed by atoms with Crippen molar-refractivity contribution in [1.29, 1.82) is 0 Å². The maximum Gasteiger partial charge on any atom is 0.162 e. The number of ketones is 1. The third-order valence-electron chi connectivity index (χ3n) is 3.35. The van der Waals surface area contributed by atoms with Gasteiger partial charge in [0, 0.05) is 11.8 Å². The Morgan fingerprint density at radius 1 is 1.19 bits per heavy atom. The fraction of sp³-hybridized carbons (Fsp3) is 0.125. The van der Waals surface area contributed by atoms with Crippen LogP contribution in [0, 0.1) is 0 Å². The zero-order chi connectivity index (χ0) is 14.8. The number of carbonyl (C=O) groups excluding carboxylic acids is 1. The lowest BCUT2D eigenvalue weighted by molar-refractivity contribution is -0.121. The molecule has 1 aromatic heterocycles. The molecule has 0 aliphatic rings. The van der Waals surface area contributed by atoms with Crippen LogP contribution in [0.2, 0.25) is 0 Å². The monoisotopic (exact) mass is 281 g/mol. The van der Waals surface area contributed by atoms with Crippen LogP contribution in [-0.2, 0) is 11.2 Å². The molecule has 0 aliphatic heterocycles. The number of aliphatic hydroxyl groups excluding tert-OH is 1. The maximum atomic E-state index is 11.3. The molecule has 0 radical (unpaired) electrons. The minimum atomic E-state index is -0.446. The Labute approximate surface area is 121 Å². The van der Waals surface area contributed by atoms with Crippen LogP contribution in [0.25, 0.3) is 16.6 Å². The molecule has 3 N–H and O–H groups in total. The van der Waals surface area contributed by atoms with Crippen molar-refractivity contribution in [2.45, 2.75) is 6.42 Å². The number of rotatable bonds is 4. The number of benzene rings is 2. The third-order valence-corrected chi connectivity index (χ3v) is 3.35. The number of carbonyl (C=O) groups is 1. The summed E-state index contributed by atoms with van der Waals surface area (Å²) in [5, 5.41) is 14.2. The van der Waals surface area contributed by atoms with Crippen LogP contribution < -0.4 is 5.73 Å². The Bertz CT molecular complexity index is 794. The average molecular weight is 281 g/mol. The molecule has 0 saturated carbocycles. The topological polar surface area (TPSA) is 81.1 Å². The Morgan fingerprint density at radius 2 is 1.95 bits per heavy atom. The number of hydrogen-bond acceptors (Lipinski definition) is 4. The predicted octanol–water partition coefficient (Wildman–Crippen LogP) is 1.71. The molecule has 106 valence electrons. The van der Waals surface area contributed by atoms with E-state index in [1.54, 1.807) is 4.68 Å². The average Bonchev–Trinajstić information content (AvgIpc) is 2.84. The van der Waals surface area contributed by atoms with Crippen LogP contribution in [0.1, 0.15) is 5.56 Å². The van der Waals surface area contributed by atoms with Crippen molar-refractivity contribution in [3.8, 4) is 5.69 Å². The van der Waals surface area contributed by atoms with E-state index in [1.807, 2.05) is 48.5 Å². The van der Waals surface area contributed by atoms with E-state index >= 15 is 0 Å². The lowest BCUT2D eigenvalue weighted by Gasteiger charge is -2.02. The minimum Gasteiger partial charge on any atom is -0.389 e. The molecular weight excluding hydrogens is 266 g/mol. The van der Waals surface area contributed by atoms with E-state index in [0.29, 0.717) is 5.82 Å². The fourth-order valence-corrected chi connectivity index (χ4v) is 2.31. The van der Waals surface area contributed by atoms with Crippen molar-refractivity contribution < 1.29 is 9.90 Å². The van der Waals surface area contributed by atoms with Gasteiger partial charge in [-0.2, -0.15) is 5.10 Å². The molecule has 0 bridgehead atoms. The van der Waals surface area contributed by atoms with E-state index in [9.17, 15) is 4.79 Å². The second-order valence-electron chi connectivity index (χ2n) is 4.86. The first-order valence-electron chi connectivity index (χ1n) is 6.64. The number of para-hydroxylation sites is 1. The van der Waals surface area contributed by atoms with Gasteiger partial charge in [-0.05, 0) is 29.8 Å². The highest BCUT2D eigenvalue weighted by Crippen LogP contribution is 2.24. The first-order valence-corrected chi connectivity index (χ1v) is 6.64. The molecule has 3 rings (SSSR count). The Morgan fingerprint density at radius 3 is 2.67 bits per heavy atom. The molecule has 0 spiro atoms. The second kappa shape index (κ2) is 5.38. The lowest BCUT2D eigenvalue weighted by Crippen LogP contribution is -2.07. The van der Waals surface area contributed by atoms with E-state index < -0.39 is 6.61 Å². The number of aliphatic hydroxyl groups is 1. The number of Topliss-reactive ketones (excluding diaryl/α,β-unsaturated/α-hetero) is 1. The lowest BCUT2D eigenvalue weighted by atomic mass is 10.1. The van der Waals surface area contributed by atoms with Crippen LogP contribution in [0.3, 0.4) is 0 Å². The molecule has 0 aliphatic carbocycles. The summed E-state index contributed by atoms with van der Waals surface area (Å²) in [4.78, 5) is 11.3. The van der Waals surface area contributed by atoms with Gasteiger partial charge in [-0.1, -0.05) is 24.3 Å². The van der Waals surface area contributed by atoms with Crippen molar-refractivity contribution in [2.24, 2.45) is 0 Å². The first kappa shape index (κ1) is 13.3. The maximum absolute atomic E-state index is 11.3. The summed E-state index contributed by atoms with van der Waals surface area (Å²) in [5.74, 6) is 0.348. The third kappa shape index (κ3) is 2.51. The summed E-state index contributed by atoms with van der Waals surface area (Å²) in [6, 6.07) is 15.2. The van der Waals surface area contributed by atoms with E-state index in [-0.39, 0.29) is 12.2 Å². The predicted molar refractivity (Wildman–Crippen MR) is 81.3 cm³/mol. The number of nitrogens with zero attached hydrogens (tertiary/aromatic N) is 2. The van der Waals surface area contributed by atoms with Gasteiger partial charge in [0.2, 0.25) is 0 Å². The van der Waals surface area contributed by atoms with E-state index in [1.165, 1.54) is 0 Å². The minimum absolute atomic E-state index is 0.199. The number of anilines is 1. The van der Waals surface area contributed by atoms with Crippen molar-refractivity contribution in [3.05, 3.63) is 54.1 Å². The summed E-state index contributed by atoms with van der Waals surface area (Å²) in [7, 11) is 0. The Hall–Kier alpha value is -2.66. The summed E-state index contributed by atoms with van der Waals surface area (Å²) >= 11 is 0. The number of hydrogen-bond donors (Lipinski definition) is 2. The van der Waals surface area contributed by atoms with Gasteiger partial charge < -0.3 is 10.8 Å². The Balaban J connectivity index is 2.06. The van der Waals surface area contributed by atoms with Crippen LogP contribution in [0.5, 0.6) is 0 Å². The molecule has 0 atom stereocenters. The zero-order valence-corrected chi connectivity index (χ0v) is 11.4. The molecule has 5 heteroatoms. The number of fused-ring (bicyclic) bond motifs is 1. The molecule has 5 nitrogen and oxygen atoms in total. The fourth-order valence-electron chi connectivity index (χ4n) is 2.31. The molecule has 0 unspecified atom stereocenters. The molecule has 1 heterocycles. The van der Waals surface area contributed by atoms with Crippen LogP contribution >= 0.6 is 0 Å². The molecule has 2 aromatic carbocycles. The van der Waals surface area contributed by atoms with Crippen molar-refractivity contribution in [3.63, 3.8) is 0 Å². The van der Waals surface area contributed by atoms with Gasteiger partial charge in [0.25, 0.3) is 0 Å². The van der Waals surface area contributed by atoms with Gasteiger partial charge in [0.15, 0.2) is 5.78 Å². The molecule has 3 aromatic rings. The van der Waals surface area contributed by atoms with E-state index in [0.717, 1.165) is 22.2 Å². The van der Waals surface area contributed by atoms with Crippen molar-refractivity contribution >= 4 is 22.5 Å². The number of nitrogens with two attached hydrogens (primary N) is 1. The van der Waals surface area contributed by atoms with Crippen LogP contribution in [-0.4, -0.2) is 27.3 Å². The van der Waals surface area contributed by atoms with Crippen LogP contribution in [0.4, 0.5) is 5.82 Å². The smallest absolute Gasteiger partial charge is 0.162 e. The van der Waals surface area contributed by atoms with Gasteiger partial charge in [-0.3, -0.25) is 4.79 Å². The standard InChI is InChI=1S/C16H15N3O2/c17-16-14-7-6-11(8-13(21)10-20)9-15(14)18-19(16)12-4-2-1-3-5-12/h1-7,9,20H,8,10,17H2. The first-order chi connectivity index (χ1) is 10.2. The normalized spacial score (nSPS) is 10.9. The zero-order valence-electron chi connectivity index (χ0n) is 11.4. The quantitative estimate of drug-likeness (QED) is 0.763. The summed E-state index contributed by atoms with van der Waals surface area (Å²) in [6.45, 7) is -0.446. The van der Waals surface area contributed by atoms with E-state index in [4.69, 9.17) is 10.8 Å². The van der Waals surface area contributed by atoms with Gasteiger partial charge in [-0.15, -0.1) is 0 Å². The van der Waals surface area contributed by atoms with Crippen molar-refractivity contribution in [1.82, 2.24) is 9.78 Å². The number of nitrogen functional groups attached to an aromatic ring is 1. The largest absolute Gasteiger partial charge is 0.389 e. The molecule has 0 amide bonds. The van der Waals surface area contributed by atoms with E-state index in [2.05, 4.69) is 5.10 Å². The second-order valence-corrected chi connectivity index (χ2v) is 4.86. The highest BCUT2D eigenvalue weighted by atomic mass is 16.3. The summed E-state index contributed by atoms with van der Waals surface area (Å²) < 4.78 is 1.68. The van der Waals surface area contributed by atoms with Gasteiger partial charge in [0.1, 0.15) is 12.4 Å².